The lowest BCUT2D eigenvalue weighted by atomic mass is 9.76. The molecular formula is C18H23BrO2. The summed E-state index contributed by atoms with van der Waals surface area (Å²) in [4.78, 5) is 11.2. The van der Waals surface area contributed by atoms with Gasteiger partial charge in [-0.1, -0.05) is 34.1 Å². The summed E-state index contributed by atoms with van der Waals surface area (Å²) in [5.41, 5.74) is 2.00. The molecular weight excluding hydrogens is 328 g/mol. The third-order valence-electron chi connectivity index (χ3n) is 4.60. The highest BCUT2D eigenvalue weighted by molar-refractivity contribution is 9.10. The van der Waals surface area contributed by atoms with Gasteiger partial charge in [-0.2, -0.15) is 0 Å². The zero-order valence-electron chi connectivity index (χ0n) is 12.5. The van der Waals surface area contributed by atoms with Crippen LogP contribution < -0.4 is 0 Å². The van der Waals surface area contributed by atoms with Crippen LogP contribution in [0.15, 0.2) is 40.4 Å². The molecule has 0 aliphatic heterocycles. The van der Waals surface area contributed by atoms with E-state index in [1.165, 1.54) is 12.0 Å². The van der Waals surface area contributed by atoms with Gasteiger partial charge in [0.25, 0.3) is 0 Å². The molecule has 2 rings (SSSR count). The quantitative estimate of drug-likeness (QED) is 0.739. The number of carboxylic acid groups (broad SMARTS) is 1. The van der Waals surface area contributed by atoms with Crippen LogP contribution in [-0.4, -0.2) is 11.1 Å². The molecule has 3 heteroatoms. The summed E-state index contributed by atoms with van der Waals surface area (Å²) in [6, 6.07) is 8.55. The average Bonchev–Trinajstić information content (AvgIpc) is 2.48. The normalized spacial score (nSPS) is 23.0. The molecule has 0 unspecified atom stereocenters. The zero-order chi connectivity index (χ0) is 15.2. The Kier molecular flexibility index (Phi) is 6.04. The van der Waals surface area contributed by atoms with Crippen LogP contribution in [0.25, 0.3) is 0 Å². The van der Waals surface area contributed by atoms with Crippen molar-refractivity contribution in [2.45, 2.75) is 45.4 Å². The standard InChI is InChI=1S/C18H23BrO2/c1-2-17(18(20)21)15-9-5-13(6-10-15)3-4-14-7-11-16(19)12-8-14/h2,7-8,11-13,15H,3-6,9-10H2,1H3,(H,20,21). The van der Waals surface area contributed by atoms with Crippen molar-refractivity contribution in [3.8, 4) is 0 Å². The molecule has 0 amide bonds. The van der Waals surface area contributed by atoms with Crippen LogP contribution in [0.1, 0.15) is 44.6 Å². The van der Waals surface area contributed by atoms with Crippen molar-refractivity contribution in [1.29, 1.82) is 0 Å². The summed E-state index contributed by atoms with van der Waals surface area (Å²) < 4.78 is 1.12. The Hall–Kier alpha value is -1.09. The Balaban J connectivity index is 1.79. The van der Waals surface area contributed by atoms with Gasteiger partial charge in [-0.05, 0) is 75.0 Å². The minimum atomic E-state index is -0.740. The van der Waals surface area contributed by atoms with Gasteiger partial charge in [0.15, 0.2) is 0 Å². The number of rotatable bonds is 5. The van der Waals surface area contributed by atoms with Crippen LogP contribution in [0, 0.1) is 11.8 Å². The van der Waals surface area contributed by atoms with Gasteiger partial charge in [0, 0.05) is 10.0 Å². The van der Waals surface area contributed by atoms with Crippen LogP contribution in [0.3, 0.4) is 0 Å². The molecule has 0 bridgehead atoms. The van der Waals surface area contributed by atoms with Gasteiger partial charge in [-0.15, -0.1) is 0 Å². The number of benzene rings is 1. The molecule has 0 spiro atoms. The number of aliphatic carboxylic acids is 1. The lowest BCUT2D eigenvalue weighted by Crippen LogP contribution is -2.20. The summed E-state index contributed by atoms with van der Waals surface area (Å²) >= 11 is 3.46. The Morgan fingerprint density at radius 1 is 1.24 bits per heavy atom. The molecule has 114 valence electrons. The van der Waals surface area contributed by atoms with Gasteiger partial charge < -0.3 is 5.11 Å². The van der Waals surface area contributed by atoms with E-state index < -0.39 is 5.97 Å². The van der Waals surface area contributed by atoms with Crippen LogP contribution in [0.5, 0.6) is 0 Å². The highest BCUT2D eigenvalue weighted by atomic mass is 79.9. The van der Waals surface area contributed by atoms with Gasteiger partial charge >= 0.3 is 5.97 Å². The van der Waals surface area contributed by atoms with E-state index in [0.29, 0.717) is 5.57 Å². The molecule has 1 aliphatic carbocycles. The van der Waals surface area contributed by atoms with E-state index in [2.05, 4.69) is 40.2 Å². The van der Waals surface area contributed by atoms with Gasteiger partial charge in [0.1, 0.15) is 0 Å². The molecule has 21 heavy (non-hydrogen) atoms. The molecule has 1 fully saturated rings. The topological polar surface area (TPSA) is 37.3 Å². The number of carbonyl (C=O) groups is 1. The summed E-state index contributed by atoms with van der Waals surface area (Å²) in [6.45, 7) is 1.84. The molecule has 1 saturated carbocycles. The smallest absolute Gasteiger partial charge is 0.331 e. The number of carboxylic acids is 1. The number of allylic oxidation sites excluding steroid dienone is 1. The second-order valence-electron chi connectivity index (χ2n) is 5.93. The maximum atomic E-state index is 11.2. The van der Waals surface area contributed by atoms with Crippen LogP contribution in [0.2, 0.25) is 0 Å². The minimum Gasteiger partial charge on any atom is -0.478 e. The summed E-state index contributed by atoms with van der Waals surface area (Å²) in [6.07, 6.45) is 8.48. The van der Waals surface area contributed by atoms with Crippen LogP contribution >= 0.6 is 15.9 Å². The lowest BCUT2D eigenvalue weighted by Gasteiger charge is -2.29. The molecule has 0 heterocycles. The average molecular weight is 351 g/mol. The molecule has 0 atom stereocenters. The molecule has 1 aromatic rings. The maximum Gasteiger partial charge on any atom is 0.331 e. The summed E-state index contributed by atoms with van der Waals surface area (Å²) in [5.74, 6) is 0.268. The first-order chi connectivity index (χ1) is 10.1. The van der Waals surface area contributed by atoms with Crippen molar-refractivity contribution in [3.63, 3.8) is 0 Å². The Morgan fingerprint density at radius 2 is 1.86 bits per heavy atom. The Bertz CT molecular complexity index is 496. The molecule has 1 aromatic carbocycles. The zero-order valence-corrected chi connectivity index (χ0v) is 14.1. The number of aryl methyl sites for hydroxylation is 1. The van der Waals surface area contributed by atoms with Crippen LogP contribution in [-0.2, 0) is 11.2 Å². The Labute approximate surface area is 135 Å². The first-order valence-corrected chi connectivity index (χ1v) is 8.53. The van der Waals surface area contributed by atoms with E-state index in [-0.39, 0.29) is 5.92 Å². The fourth-order valence-electron chi connectivity index (χ4n) is 3.32. The first kappa shape index (κ1) is 16.3. The molecule has 0 radical (unpaired) electrons. The summed E-state index contributed by atoms with van der Waals surface area (Å²) in [5, 5.41) is 9.19. The number of hydrogen-bond donors (Lipinski definition) is 1. The predicted molar refractivity (Wildman–Crippen MR) is 89.3 cm³/mol. The van der Waals surface area contributed by atoms with Gasteiger partial charge in [-0.25, -0.2) is 4.79 Å². The predicted octanol–water partition coefficient (Wildman–Crippen LogP) is 5.22. The maximum absolute atomic E-state index is 11.2. The Morgan fingerprint density at radius 3 is 2.38 bits per heavy atom. The van der Waals surface area contributed by atoms with E-state index in [1.807, 2.05) is 6.92 Å². The van der Waals surface area contributed by atoms with Crippen molar-refractivity contribution in [1.82, 2.24) is 0 Å². The van der Waals surface area contributed by atoms with E-state index in [1.54, 1.807) is 6.08 Å². The van der Waals surface area contributed by atoms with Crippen LogP contribution in [0.4, 0.5) is 0 Å². The minimum absolute atomic E-state index is 0.261. The first-order valence-electron chi connectivity index (χ1n) is 7.74. The van der Waals surface area contributed by atoms with Crippen molar-refractivity contribution in [2.75, 3.05) is 0 Å². The second-order valence-corrected chi connectivity index (χ2v) is 6.85. The van der Waals surface area contributed by atoms with E-state index in [9.17, 15) is 9.90 Å². The number of hydrogen-bond acceptors (Lipinski definition) is 1. The third-order valence-corrected chi connectivity index (χ3v) is 5.13. The van der Waals surface area contributed by atoms with Crippen molar-refractivity contribution >= 4 is 21.9 Å². The molecule has 1 aliphatic rings. The van der Waals surface area contributed by atoms with Gasteiger partial charge in [0.05, 0.1) is 0 Å². The summed E-state index contributed by atoms with van der Waals surface area (Å²) in [7, 11) is 0. The van der Waals surface area contributed by atoms with Crippen molar-refractivity contribution in [2.24, 2.45) is 11.8 Å². The van der Waals surface area contributed by atoms with E-state index in [4.69, 9.17) is 0 Å². The SMILES string of the molecule is CC=C(C(=O)O)C1CCC(CCc2ccc(Br)cc2)CC1. The largest absolute Gasteiger partial charge is 0.478 e. The molecule has 1 N–H and O–H groups in total. The van der Waals surface area contributed by atoms with Gasteiger partial charge in [0.2, 0.25) is 0 Å². The molecule has 2 nitrogen and oxygen atoms in total. The van der Waals surface area contributed by atoms with Crippen molar-refractivity contribution in [3.05, 3.63) is 46.0 Å². The molecule has 0 saturated heterocycles. The monoisotopic (exact) mass is 350 g/mol. The number of halogens is 1. The highest BCUT2D eigenvalue weighted by Gasteiger charge is 2.26. The van der Waals surface area contributed by atoms with E-state index in [0.717, 1.165) is 42.5 Å². The molecule has 0 aromatic heterocycles. The highest BCUT2D eigenvalue weighted by Crippen LogP contribution is 2.35. The van der Waals surface area contributed by atoms with Crippen molar-refractivity contribution < 1.29 is 9.90 Å². The fraction of sp³-hybridized carbons (Fsp3) is 0.500. The second kappa shape index (κ2) is 7.79. The third kappa shape index (κ3) is 4.70. The fourth-order valence-corrected chi connectivity index (χ4v) is 3.58. The van der Waals surface area contributed by atoms with E-state index >= 15 is 0 Å². The lowest BCUT2D eigenvalue weighted by molar-refractivity contribution is -0.133. The van der Waals surface area contributed by atoms with Gasteiger partial charge in [-0.3, -0.25) is 0 Å².